The molecular weight excluding hydrogens is 434 g/mol. The lowest BCUT2D eigenvalue weighted by atomic mass is 9.91. The van der Waals surface area contributed by atoms with Crippen molar-refractivity contribution in [1.29, 1.82) is 0 Å². The fourth-order valence-electron chi connectivity index (χ4n) is 3.94. The number of rotatable bonds is 8. The molecule has 0 amide bonds. The van der Waals surface area contributed by atoms with Crippen LogP contribution in [0.25, 0.3) is 0 Å². The first-order valence-corrected chi connectivity index (χ1v) is 10.9. The number of aliphatic carboxylic acids is 1. The first-order chi connectivity index (χ1) is 14.0. The molecule has 2 atom stereocenters. The zero-order valence-electron chi connectivity index (χ0n) is 16.9. The molecule has 5 nitrogen and oxygen atoms in total. The van der Waals surface area contributed by atoms with Crippen LogP contribution in [0.2, 0.25) is 0 Å². The topological polar surface area (TPSA) is 59.0 Å². The fourth-order valence-corrected chi connectivity index (χ4v) is 4.20. The van der Waals surface area contributed by atoms with Crippen LogP contribution in [0.3, 0.4) is 0 Å². The third-order valence-electron chi connectivity index (χ3n) is 5.24. The van der Waals surface area contributed by atoms with Crippen molar-refractivity contribution in [1.82, 2.24) is 4.90 Å². The second kappa shape index (κ2) is 10.1. The molecule has 29 heavy (non-hydrogen) atoms. The normalized spacial score (nSPS) is 18.2. The number of ether oxygens (including phenoxy) is 2. The lowest BCUT2D eigenvalue weighted by Gasteiger charge is -2.37. The highest BCUT2D eigenvalue weighted by Gasteiger charge is 2.31. The summed E-state index contributed by atoms with van der Waals surface area (Å²) in [5.41, 5.74) is 2.20. The third-order valence-corrected chi connectivity index (χ3v) is 5.76. The van der Waals surface area contributed by atoms with Crippen LogP contribution in [0.1, 0.15) is 43.9 Å². The van der Waals surface area contributed by atoms with Gasteiger partial charge in [-0.2, -0.15) is 0 Å². The summed E-state index contributed by atoms with van der Waals surface area (Å²) in [4.78, 5) is 13.9. The second-order valence-electron chi connectivity index (χ2n) is 7.20. The molecule has 2 aromatic carbocycles. The van der Waals surface area contributed by atoms with Gasteiger partial charge in [0.05, 0.1) is 25.2 Å². The number of piperidine rings is 1. The number of carboxylic acid groups (broad SMARTS) is 1. The molecule has 3 rings (SSSR count). The van der Waals surface area contributed by atoms with Gasteiger partial charge in [0.2, 0.25) is 0 Å². The van der Waals surface area contributed by atoms with E-state index in [1.807, 2.05) is 38.1 Å². The summed E-state index contributed by atoms with van der Waals surface area (Å²) in [6.07, 6.45) is 1.60. The van der Waals surface area contributed by atoms with Crippen LogP contribution in [0.5, 0.6) is 11.5 Å². The summed E-state index contributed by atoms with van der Waals surface area (Å²) in [5, 5.41) is 9.56. The van der Waals surface area contributed by atoms with Crippen molar-refractivity contribution in [2.24, 2.45) is 5.92 Å². The fraction of sp³-hybridized carbons (Fsp3) is 0.435. The minimum Gasteiger partial charge on any atom is -0.490 e. The molecule has 0 bridgehead atoms. The number of carbonyl (C=O) groups is 1. The Morgan fingerprint density at radius 1 is 1.10 bits per heavy atom. The van der Waals surface area contributed by atoms with Crippen molar-refractivity contribution in [3.8, 4) is 11.5 Å². The number of hydrogen-bond donors (Lipinski definition) is 1. The van der Waals surface area contributed by atoms with Crippen LogP contribution in [0.15, 0.2) is 46.9 Å². The van der Waals surface area contributed by atoms with E-state index in [-0.39, 0.29) is 12.0 Å². The second-order valence-corrected chi connectivity index (χ2v) is 8.11. The predicted octanol–water partition coefficient (Wildman–Crippen LogP) is 5.13. The van der Waals surface area contributed by atoms with Crippen molar-refractivity contribution >= 4 is 21.9 Å². The first kappa shape index (κ1) is 21.7. The van der Waals surface area contributed by atoms with Gasteiger partial charge in [-0.15, -0.1) is 0 Å². The number of halogens is 1. The molecule has 1 heterocycles. The molecule has 1 aliphatic rings. The highest BCUT2D eigenvalue weighted by Crippen LogP contribution is 2.37. The van der Waals surface area contributed by atoms with Crippen molar-refractivity contribution in [3.63, 3.8) is 0 Å². The molecular formula is C23H28BrNO4. The third kappa shape index (κ3) is 5.31. The Kier molecular flexibility index (Phi) is 7.56. The molecule has 1 fully saturated rings. The van der Waals surface area contributed by atoms with E-state index >= 15 is 0 Å². The molecule has 156 valence electrons. The van der Waals surface area contributed by atoms with Crippen LogP contribution >= 0.6 is 15.9 Å². The van der Waals surface area contributed by atoms with Gasteiger partial charge in [0.15, 0.2) is 11.5 Å². The van der Waals surface area contributed by atoms with E-state index in [1.165, 1.54) is 0 Å². The summed E-state index contributed by atoms with van der Waals surface area (Å²) in [6.45, 7) is 6.43. The molecule has 2 unspecified atom stereocenters. The molecule has 0 saturated carbocycles. The van der Waals surface area contributed by atoms with Crippen LogP contribution in [-0.4, -0.2) is 42.3 Å². The summed E-state index contributed by atoms with van der Waals surface area (Å²) in [6, 6.07) is 14.2. The molecule has 1 aliphatic heterocycles. The number of carboxylic acids is 1. The standard InChI is InChI=1S/C23H28BrNO4/c1-3-28-20-12-9-17(14-21(20)29-4-2)22(16-7-10-19(24)11-8-16)25-13-5-6-18(15-25)23(26)27/h7-12,14,18,22H,3-6,13,15H2,1-2H3,(H,26,27). The smallest absolute Gasteiger partial charge is 0.307 e. The summed E-state index contributed by atoms with van der Waals surface area (Å²) < 4.78 is 12.6. The van der Waals surface area contributed by atoms with Crippen LogP contribution in [0.4, 0.5) is 0 Å². The Balaban J connectivity index is 2.02. The largest absolute Gasteiger partial charge is 0.490 e. The van der Waals surface area contributed by atoms with Gasteiger partial charge in [-0.25, -0.2) is 0 Å². The molecule has 1 N–H and O–H groups in total. The van der Waals surface area contributed by atoms with Crippen molar-refractivity contribution < 1.29 is 19.4 Å². The van der Waals surface area contributed by atoms with E-state index in [4.69, 9.17) is 9.47 Å². The Hall–Kier alpha value is -2.05. The predicted molar refractivity (Wildman–Crippen MR) is 117 cm³/mol. The van der Waals surface area contributed by atoms with E-state index < -0.39 is 5.97 Å². The molecule has 1 saturated heterocycles. The number of benzene rings is 2. The van der Waals surface area contributed by atoms with Gasteiger partial charge < -0.3 is 14.6 Å². The average Bonchev–Trinajstić information content (AvgIpc) is 2.72. The van der Waals surface area contributed by atoms with Gasteiger partial charge in [0.1, 0.15) is 0 Å². The summed E-state index contributed by atoms with van der Waals surface area (Å²) in [5.74, 6) is 0.400. The van der Waals surface area contributed by atoms with Crippen LogP contribution < -0.4 is 9.47 Å². The van der Waals surface area contributed by atoms with Crippen molar-refractivity contribution in [2.45, 2.75) is 32.7 Å². The average molecular weight is 462 g/mol. The van der Waals surface area contributed by atoms with Crippen LogP contribution in [-0.2, 0) is 4.79 Å². The molecule has 2 aromatic rings. The van der Waals surface area contributed by atoms with Gasteiger partial charge in [0.25, 0.3) is 0 Å². The molecule has 0 aromatic heterocycles. The zero-order chi connectivity index (χ0) is 20.8. The van der Waals surface area contributed by atoms with E-state index in [9.17, 15) is 9.90 Å². The Labute approximate surface area is 180 Å². The summed E-state index contributed by atoms with van der Waals surface area (Å²) >= 11 is 3.51. The molecule has 0 radical (unpaired) electrons. The van der Waals surface area contributed by atoms with Gasteiger partial charge in [0, 0.05) is 11.0 Å². The molecule has 0 spiro atoms. The van der Waals surface area contributed by atoms with Gasteiger partial charge in [-0.05, 0) is 68.6 Å². The van der Waals surface area contributed by atoms with Gasteiger partial charge in [-0.1, -0.05) is 34.1 Å². The minimum absolute atomic E-state index is 0.0415. The molecule has 6 heteroatoms. The number of nitrogens with zero attached hydrogens (tertiary/aromatic N) is 1. The molecule has 0 aliphatic carbocycles. The Morgan fingerprint density at radius 3 is 2.41 bits per heavy atom. The monoisotopic (exact) mass is 461 g/mol. The Morgan fingerprint density at radius 2 is 1.76 bits per heavy atom. The maximum atomic E-state index is 11.6. The lowest BCUT2D eigenvalue weighted by Crippen LogP contribution is -2.41. The minimum atomic E-state index is -0.717. The number of likely N-dealkylation sites (tertiary alicyclic amines) is 1. The van der Waals surface area contributed by atoms with Crippen LogP contribution in [0, 0.1) is 5.92 Å². The van der Waals surface area contributed by atoms with E-state index in [1.54, 1.807) is 0 Å². The SMILES string of the molecule is CCOc1ccc(C(c2ccc(Br)cc2)N2CCCC(C(=O)O)C2)cc1OCC. The highest BCUT2D eigenvalue weighted by molar-refractivity contribution is 9.10. The van der Waals surface area contributed by atoms with Crippen molar-refractivity contribution in [3.05, 3.63) is 58.1 Å². The zero-order valence-corrected chi connectivity index (χ0v) is 18.5. The summed E-state index contributed by atoms with van der Waals surface area (Å²) in [7, 11) is 0. The van der Waals surface area contributed by atoms with E-state index in [0.717, 1.165) is 46.5 Å². The van der Waals surface area contributed by atoms with E-state index in [2.05, 4.69) is 39.0 Å². The van der Waals surface area contributed by atoms with Gasteiger partial charge >= 0.3 is 5.97 Å². The van der Waals surface area contributed by atoms with Crippen molar-refractivity contribution in [2.75, 3.05) is 26.3 Å². The quantitative estimate of drug-likeness (QED) is 0.589. The Bertz CT molecular complexity index is 824. The highest BCUT2D eigenvalue weighted by atomic mass is 79.9. The lowest BCUT2D eigenvalue weighted by molar-refractivity contribution is -0.143. The maximum absolute atomic E-state index is 11.6. The first-order valence-electron chi connectivity index (χ1n) is 10.1. The maximum Gasteiger partial charge on any atom is 0.307 e. The van der Waals surface area contributed by atoms with E-state index in [0.29, 0.717) is 19.8 Å². The number of hydrogen-bond acceptors (Lipinski definition) is 4. The van der Waals surface area contributed by atoms with Gasteiger partial charge in [-0.3, -0.25) is 9.69 Å².